The van der Waals surface area contributed by atoms with Crippen LogP contribution in [0.3, 0.4) is 0 Å². The predicted octanol–water partition coefficient (Wildman–Crippen LogP) is 3.38. The third kappa shape index (κ3) is 3.62. The van der Waals surface area contributed by atoms with Crippen LogP contribution in [0.25, 0.3) is 0 Å². The van der Waals surface area contributed by atoms with Gasteiger partial charge in [0.05, 0.1) is 4.92 Å². The molecule has 0 aliphatic rings. The zero-order chi connectivity index (χ0) is 16.3. The number of halogens is 1. The Kier molecular flexibility index (Phi) is 4.77. The van der Waals surface area contributed by atoms with Crippen molar-refractivity contribution in [3.63, 3.8) is 0 Å². The van der Waals surface area contributed by atoms with Crippen LogP contribution in [-0.4, -0.2) is 10.8 Å². The van der Waals surface area contributed by atoms with Crippen molar-refractivity contribution in [1.82, 2.24) is 0 Å². The number of hydrogen-bond acceptors (Lipinski definition) is 4. The molecular weight excluding hydrogens is 350 g/mol. The third-order valence-electron chi connectivity index (χ3n) is 3.16. The second kappa shape index (κ2) is 6.57. The van der Waals surface area contributed by atoms with Gasteiger partial charge in [-0.3, -0.25) is 14.9 Å². The van der Waals surface area contributed by atoms with E-state index in [0.29, 0.717) is 5.56 Å². The Labute approximate surface area is 135 Å². The normalized spacial score (nSPS) is 10.3. The first-order valence-corrected chi connectivity index (χ1v) is 7.25. The number of nitro groups is 1. The zero-order valence-corrected chi connectivity index (χ0v) is 13.4. The number of aryl methyl sites for hydroxylation is 1. The average molecular weight is 364 g/mol. The van der Waals surface area contributed by atoms with E-state index in [-0.39, 0.29) is 17.8 Å². The van der Waals surface area contributed by atoms with Crippen molar-refractivity contribution in [1.29, 1.82) is 0 Å². The molecule has 0 saturated carbocycles. The van der Waals surface area contributed by atoms with E-state index in [1.165, 1.54) is 18.2 Å². The van der Waals surface area contributed by atoms with E-state index in [4.69, 9.17) is 5.73 Å². The SMILES string of the molecule is Cc1ccc(NCc2ccc(C(N)=O)cc2[N+](=O)[O-])c(Br)c1. The predicted molar refractivity (Wildman–Crippen MR) is 87.8 cm³/mol. The molecule has 2 aromatic carbocycles. The Morgan fingerprint density at radius 1 is 1.32 bits per heavy atom. The molecule has 0 bridgehead atoms. The first-order valence-electron chi connectivity index (χ1n) is 6.45. The van der Waals surface area contributed by atoms with E-state index in [1.807, 2.05) is 25.1 Å². The second-order valence-corrected chi connectivity index (χ2v) is 5.66. The van der Waals surface area contributed by atoms with Gasteiger partial charge >= 0.3 is 0 Å². The minimum Gasteiger partial charge on any atom is -0.380 e. The largest absolute Gasteiger partial charge is 0.380 e. The van der Waals surface area contributed by atoms with E-state index >= 15 is 0 Å². The second-order valence-electron chi connectivity index (χ2n) is 4.80. The lowest BCUT2D eigenvalue weighted by Gasteiger charge is -2.10. The van der Waals surface area contributed by atoms with Gasteiger partial charge in [0.25, 0.3) is 5.69 Å². The van der Waals surface area contributed by atoms with E-state index in [0.717, 1.165) is 15.7 Å². The molecule has 0 heterocycles. The smallest absolute Gasteiger partial charge is 0.275 e. The van der Waals surface area contributed by atoms with Crippen LogP contribution in [0.2, 0.25) is 0 Å². The van der Waals surface area contributed by atoms with Crippen molar-refractivity contribution in [2.24, 2.45) is 5.73 Å². The summed E-state index contributed by atoms with van der Waals surface area (Å²) in [5, 5.41) is 14.3. The number of carbonyl (C=O) groups is 1. The van der Waals surface area contributed by atoms with Gasteiger partial charge in [0.1, 0.15) is 0 Å². The Hall–Kier alpha value is -2.41. The summed E-state index contributed by atoms with van der Waals surface area (Å²) in [6.45, 7) is 2.24. The van der Waals surface area contributed by atoms with Crippen molar-refractivity contribution in [2.75, 3.05) is 5.32 Å². The van der Waals surface area contributed by atoms with Gasteiger partial charge in [0.15, 0.2) is 0 Å². The highest BCUT2D eigenvalue weighted by molar-refractivity contribution is 9.10. The van der Waals surface area contributed by atoms with Gasteiger partial charge in [0, 0.05) is 33.9 Å². The number of nitro benzene ring substituents is 1. The maximum Gasteiger partial charge on any atom is 0.275 e. The maximum atomic E-state index is 11.1. The van der Waals surface area contributed by atoms with Gasteiger partial charge in [-0.25, -0.2) is 0 Å². The van der Waals surface area contributed by atoms with E-state index < -0.39 is 10.8 Å². The van der Waals surface area contributed by atoms with Crippen LogP contribution in [0, 0.1) is 17.0 Å². The highest BCUT2D eigenvalue weighted by Crippen LogP contribution is 2.26. The topological polar surface area (TPSA) is 98.3 Å². The highest BCUT2D eigenvalue weighted by atomic mass is 79.9. The Morgan fingerprint density at radius 2 is 2.05 bits per heavy atom. The summed E-state index contributed by atoms with van der Waals surface area (Å²) in [7, 11) is 0. The molecule has 0 radical (unpaired) electrons. The summed E-state index contributed by atoms with van der Waals surface area (Å²) in [4.78, 5) is 21.7. The number of rotatable bonds is 5. The molecule has 0 saturated heterocycles. The number of nitrogens with two attached hydrogens (primary N) is 1. The van der Waals surface area contributed by atoms with Gasteiger partial charge in [-0.15, -0.1) is 0 Å². The molecule has 1 amide bonds. The number of nitrogens with one attached hydrogen (secondary N) is 1. The first-order chi connectivity index (χ1) is 10.4. The molecule has 2 rings (SSSR count). The van der Waals surface area contributed by atoms with Gasteiger partial charge in [-0.1, -0.05) is 6.07 Å². The Balaban J connectivity index is 2.25. The van der Waals surface area contributed by atoms with Crippen molar-refractivity contribution >= 4 is 33.2 Å². The maximum absolute atomic E-state index is 11.1. The van der Waals surface area contributed by atoms with Crippen LogP contribution in [-0.2, 0) is 6.54 Å². The van der Waals surface area contributed by atoms with Crippen LogP contribution in [0.15, 0.2) is 40.9 Å². The Morgan fingerprint density at radius 3 is 2.64 bits per heavy atom. The Bertz CT molecular complexity index is 747. The van der Waals surface area contributed by atoms with Crippen LogP contribution in [0.4, 0.5) is 11.4 Å². The van der Waals surface area contributed by atoms with E-state index in [1.54, 1.807) is 0 Å². The molecular formula is C15H14BrN3O3. The summed E-state index contributed by atoms with van der Waals surface area (Å²) < 4.78 is 0.879. The van der Waals surface area contributed by atoms with Crippen molar-refractivity contribution in [2.45, 2.75) is 13.5 Å². The standard InChI is InChI=1S/C15H14BrN3O3/c1-9-2-5-13(12(16)6-9)18-8-11-4-3-10(15(17)20)7-14(11)19(21)22/h2-7,18H,8H2,1H3,(H2,17,20). The molecule has 0 atom stereocenters. The van der Waals surface area contributed by atoms with Crippen LogP contribution >= 0.6 is 15.9 Å². The third-order valence-corrected chi connectivity index (χ3v) is 3.82. The molecule has 0 aromatic heterocycles. The first kappa shape index (κ1) is 16.0. The van der Waals surface area contributed by atoms with Crippen LogP contribution < -0.4 is 11.1 Å². The van der Waals surface area contributed by atoms with Gasteiger partial charge in [-0.2, -0.15) is 0 Å². The summed E-state index contributed by atoms with van der Waals surface area (Å²) in [6, 6.07) is 10.0. The quantitative estimate of drug-likeness (QED) is 0.628. The fraction of sp³-hybridized carbons (Fsp3) is 0.133. The van der Waals surface area contributed by atoms with Gasteiger partial charge < -0.3 is 11.1 Å². The number of hydrogen-bond donors (Lipinski definition) is 2. The van der Waals surface area contributed by atoms with Crippen LogP contribution in [0.1, 0.15) is 21.5 Å². The molecule has 0 aliphatic carbocycles. The molecule has 0 spiro atoms. The van der Waals surface area contributed by atoms with Crippen molar-refractivity contribution in [3.8, 4) is 0 Å². The summed E-state index contributed by atoms with van der Waals surface area (Å²) >= 11 is 3.44. The number of primary amides is 1. The number of anilines is 1. The lowest BCUT2D eigenvalue weighted by Crippen LogP contribution is -2.12. The molecule has 2 aromatic rings. The summed E-state index contributed by atoms with van der Waals surface area (Å²) in [5.74, 6) is -0.691. The van der Waals surface area contributed by atoms with Gasteiger partial charge in [0.2, 0.25) is 5.91 Å². The summed E-state index contributed by atoms with van der Waals surface area (Å²) in [6.07, 6.45) is 0. The number of nitrogens with zero attached hydrogens (tertiary/aromatic N) is 1. The fourth-order valence-electron chi connectivity index (χ4n) is 1.99. The molecule has 114 valence electrons. The van der Waals surface area contributed by atoms with E-state index in [2.05, 4.69) is 21.2 Å². The number of carbonyl (C=O) groups excluding carboxylic acids is 1. The summed E-state index contributed by atoms with van der Waals surface area (Å²) in [5.41, 5.74) is 7.55. The molecule has 7 heteroatoms. The van der Waals surface area contributed by atoms with Crippen molar-refractivity contribution in [3.05, 3.63) is 67.7 Å². The molecule has 0 fully saturated rings. The fourth-order valence-corrected chi connectivity index (χ4v) is 2.62. The van der Waals surface area contributed by atoms with Gasteiger partial charge in [-0.05, 0) is 52.7 Å². The van der Waals surface area contributed by atoms with E-state index in [9.17, 15) is 14.9 Å². The number of benzene rings is 2. The zero-order valence-electron chi connectivity index (χ0n) is 11.8. The lowest BCUT2D eigenvalue weighted by atomic mass is 10.1. The molecule has 22 heavy (non-hydrogen) atoms. The molecule has 0 aliphatic heterocycles. The van der Waals surface area contributed by atoms with Crippen molar-refractivity contribution < 1.29 is 9.72 Å². The highest BCUT2D eigenvalue weighted by Gasteiger charge is 2.16. The molecule has 0 unspecified atom stereocenters. The lowest BCUT2D eigenvalue weighted by molar-refractivity contribution is -0.385. The molecule has 3 N–H and O–H groups in total. The average Bonchev–Trinajstić information content (AvgIpc) is 2.46. The minimum absolute atomic E-state index is 0.118. The monoisotopic (exact) mass is 363 g/mol. The minimum atomic E-state index is -0.691. The number of amides is 1. The molecule has 6 nitrogen and oxygen atoms in total. The van der Waals surface area contributed by atoms with Crippen LogP contribution in [0.5, 0.6) is 0 Å².